The van der Waals surface area contributed by atoms with Crippen LogP contribution in [-0.4, -0.2) is 24.7 Å². The molecule has 2 aromatic rings. The van der Waals surface area contributed by atoms with E-state index in [-0.39, 0.29) is 11.0 Å². The maximum absolute atomic E-state index is 12.2. The molecular formula is C18H18N2O3S. The first-order valence-electron chi connectivity index (χ1n) is 7.23. The number of rotatable bonds is 6. The number of thiocarbonyl (C=S) groups is 1. The molecule has 0 aromatic heterocycles. The summed E-state index contributed by atoms with van der Waals surface area (Å²) >= 11 is 5.17. The maximum atomic E-state index is 12.2. The van der Waals surface area contributed by atoms with E-state index in [1.54, 1.807) is 54.6 Å². The first-order chi connectivity index (χ1) is 11.6. The molecule has 0 radical (unpaired) electrons. The van der Waals surface area contributed by atoms with Gasteiger partial charge in [0.15, 0.2) is 5.11 Å². The lowest BCUT2D eigenvalue weighted by atomic mass is 10.2. The predicted octanol–water partition coefficient (Wildman–Crippen LogP) is 3.39. The molecule has 0 unspecified atom stereocenters. The van der Waals surface area contributed by atoms with Crippen molar-refractivity contribution in [3.05, 3.63) is 66.7 Å². The molecule has 0 fully saturated rings. The molecule has 2 N–H and O–H groups in total. The van der Waals surface area contributed by atoms with Crippen LogP contribution in [0.25, 0.3) is 0 Å². The zero-order chi connectivity index (χ0) is 17.4. The van der Waals surface area contributed by atoms with Crippen molar-refractivity contribution in [2.75, 3.05) is 19.0 Å². The first kappa shape index (κ1) is 17.5. The van der Waals surface area contributed by atoms with E-state index in [4.69, 9.17) is 21.7 Å². The van der Waals surface area contributed by atoms with Crippen molar-refractivity contribution in [3.63, 3.8) is 0 Å². The van der Waals surface area contributed by atoms with Gasteiger partial charge in [-0.1, -0.05) is 24.8 Å². The molecule has 2 aromatic carbocycles. The van der Waals surface area contributed by atoms with Gasteiger partial charge in [-0.25, -0.2) is 0 Å². The first-order valence-corrected chi connectivity index (χ1v) is 7.64. The summed E-state index contributed by atoms with van der Waals surface area (Å²) in [6, 6.07) is 14.2. The minimum absolute atomic E-state index is 0.200. The third-order valence-corrected chi connectivity index (χ3v) is 3.26. The van der Waals surface area contributed by atoms with E-state index in [0.29, 0.717) is 17.9 Å². The second-order valence-corrected chi connectivity index (χ2v) is 5.14. The molecule has 5 nitrogen and oxygen atoms in total. The normalized spacial score (nSPS) is 9.71. The van der Waals surface area contributed by atoms with Gasteiger partial charge >= 0.3 is 0 Å². The predicted molar refractivity (Wildman–Crippen MR) is 98.8 cm³/mol. The van der Waals surface area contributed by atoms with Crippen LogP contribution in [0.3, 0.4) is 0 Å². The molecule has 6 heteroatoms. The Labute approximate surface area is 146 Å². The molecule has 0 bridgehead atoms. The van der Waals surface area contributed by atoms with E-state index in [9.17, 15) is 4.79 Å². The number of anilines is 1. The number of para-hydroxylation sites is 1. The third-order valence-electron chi connectivity index (χ3n) is 3.06. The Morgan fingerprint density at radius 3 is 2.58 bits per heavy atom. The van der Waals surface area contributed by atoms with Crippen molar-refractivity contribution in [1.29, 1.82) is 0 Å². The second-order valence-electron chi connectivity index (χ2n) is 4.73. The van der Waals surface area contributed by atoms with Crippen LogP contribution in [0.1, 0.15) is 10.4 Å². The Kier molecular flexibility index (Phi) is 6.33. The summed E-state index contributed by atoms with van der Waals surface area (Å²) in [6.45, 7) is 4.04. The highest BCUT2D eigenvalue weighted by Gasteiger charge is 2.12. The van der Waals surface area contributed by atoms with Gasteiger partial charge in [0.1, 0.15) is 18.1 Å². The van der Waals surface area contributed by atoms with Gasteiger partial charge in [-0.05, 0) is 48.6 Å². The van der Waals surface area contributed by atoms with Crippen LogP contribution in [0.4, 0.5) is 5.69 Å². The van der Waals surface area contributed by atoms with Gasteiger partial charge in [0, 0.05) is 5.69 Å². The molecule has 0 aliphatic carbocycles. The molecule has 0 aliphatic rings. The summed E-state index contributed by atoms with van der Waals surface area (Å²) in [6.07, 6.45) is 1.68. The standard InChI is InChI=1S/C18H18N2O3S/c1-3-12-23-14-10-8-13(9-11-14)19-18(24)20-17(21)15-6-4-5-7-16(15)22-2/h3-11H,1,12H2,2H3,(H2,19,20,21,24). The smallest absolute Gasteiger partial charge is 0.261 e. The monoisotopic (exact) mass is 342 g/mol. The summed E-state index contributed by atoms with van der Waals surface area (Å²) in [5, 5.41) is 5.77. The SMILES string of the molecule is C=CCOc1ccc(NC(=S)NC(=O)c2ccccc2OC)cc1. The van der Waals surface area contributed by atoms with Gasteiger partial charge in [0.25, 0.3) is 5.91 Å². The summed E-state index contributed by atoms with van der Waals surface area (Å²) in [4.78, 5) is 12.2. The lowest BCUT2D eigenvalue weighted by Crippen LogP contribution is -2.34. The van der Waals surface area contributed by atoms with Crippen LogP contribution in [0.2, 0.25) is 0 Å². The number of carbonyl (C=O) groups is 1. The number of methoxy groups -OCH3 is 1. The average molecular weight is 342 g/mol. The minimum atomic E-state index is -0.337. The second kappa shape index (κ2) is 8.69. The fourth-order valence-corrected chi connectivity index (χ4v) is 2.17. The zero-order valence-electron chi connectivity index (χ0n) is 13.2. The van der Waals surface area contributed by atoms with Crippen LogP contribution in [0.5, 0.6) is 11.5 Å². The number of hydrogen-bond donors (Lipinski definition) is 2. The fourth-order valence-electron chi connectivity index (χ4n) is 1.95. The van der Waals surface area contributed by atoms with Gasteiger partial charge in [-0.15, -0.1) is 0 Å². The van der Waals surface area contributed by atoms with Crippen LogP contribution < -0.4 is 20.1 Å². The van der Waals surface area contributed by atoms with Crippen molar-refractivity contribution < 1.29 is 14.3 Å². The lowest BCUT2D eigenvalue weighted by Gasteiger charge is -2.12. The highest BCUT2D eigenvalue weighted by atomic mass is 32.1. The number of nitrogens with one attached hydrogen (secondary N) is 2. The molecule has 0 aliphatic heterocycles. The molecule has 0 spiro atoms. The van der Waals surface area contributed by atoms with Crippen LogP contribution in [0.15, 0.2) is 61.2 Å². The third kappa shape index (κ3) is 4.82. The molecule has 0 saturated heterocycles. The van der Waals surface area contributed by atoms with Gasteiger partial charge < -0.3 is 14.8 Å². The van der Waals surface area contributed by atoms with E-state index in [1.165, 1.54) is 7.11 Å². The van der Waals surface area contributed by atoms with Crippen LogP contribution in [0, 0.1) is 0 Å². The zero-order valence-corrected chi connectivity index (χ0v) is 14.1. The highest BCUT2D eigenvalue weighted by molar-refractivity contribution is 7.80. The number of benzene rings is 2. The summed E-state index contributed by atoms with van der Waals surface area (Å²) in [7, 11) is 1.51. The molecule has 1 amide bonds. The van der Waals surface area contributed by atoms with Crippen molar-refractivity contribution in [3.8, 4) is 11.5 Å². The Balaban J connectivity index is 1.95. The van der Waals surface area contributed by atoms with E-state index >= 15 is 0 Å². The largest absolute Gasteiger partial charge is 0.496 e. The van der Waals surface area contributed by atoms with E-state index in [2.05, 4.69) is 17.2 Å². The lowest BCUT2D eigenvalue weighted by molar-refractivity contribution is 0.0975. The molecular weight excluding hydrogens is 324 g/mol. The minimum Gasteiger partial charge on any atom is -0.496 e. The Hall–Kier alpha value is -2.86. The summed E-state index contributed by atoms with van der Waals surface area (Å²) in [5.74, 6) is 0.877. The van der Waals surface area contributed by atoms with Gasteiger partial charge in [-0.3, -0.25) is 10.1 Å². The van der Waals surface area contributed by atoms with E-state index < -0.39 is 0 Å². The van der Waals surface area contributed by atoms with Crippen molar-refractivity contribution in [2.45, 2.75) is 0 Å². The number of carbonyl (C=O) groups excluding carboxylic acids is 1. The number of hydrogen-bond acceptors (Lipinski definition) is 4. The van der Waals surface area contributed by atoms with Gasteiger partial charge in [-0.2, -0.15) is 0 Å². The molecule has 0 atom stereocenters. The van der Waals surface area contributed by atoms with Crippen LogP contribution >= 0.6 is 12.2 Å². The molecule has 0 saturated carbocycles. The van der Waals surface area contributed by atoms with Crippen molar-refractivity contribution >= 4 is 28.9 Å². The topological polar surface area (TPSA) is 59.6 Å². The van der Waals surface area contributed by atoms with E-state index in [0.717, 1.165) is 11.4 Å². The number of ether oxygens (including phenoxy) is 2. The number of amides is 1. The Bertz CT molecular complexity index is 729. The van der Waals surface area contributed by atoms with Crippen molar-refractivity contribution in [1.82, 2.24) is 5.32 Å². The van der Waals surface area contributed by atoms with Gasteiger partial charge in [0.2, 0.25) is 0 Å². The summed E-state index contributed by atoms with van der Waals surface area (Å²) in [5.41, 5.74) is 1.16. The molecule has 0 heterocycles. The Morgan fingerprint density at radius 1 is 1.21 bits per heavy atom. The average Bonchev–Trinajstić information content (AvgIpc) is 2.61. The molecule has 2 rings (SSSR count). The summed E-state index contributed by atoms with van der Waals surface area (Å²) < 4.78 is 10.6. The fraction of sp³-hybridized carbons (Fsp3) is 0.111. The maximum Gasteiger partial charge on any atom is 0.261 e. The highest BCUT2D eigenvalue weighted by Crippen LogP contribution is 2.18. The van der Waals surface area contributed by atoms with E-state index in [1.807, 2.05) is 0 Å². The quantitative estimate of drug-likeness (QED) is 0.622. The Morgan fingerprint density at radius 2 is 1.92 bits per heavy atom. The van der Waals surface area contributed by atoms with Crippen molar-refractivity contribution in [2.24, 2.45) is 0 Å². The van der Waals surface area contributed by atoms with Gasteiger partial charge in [0.05, 0.1) is 12.7 Å². The van der Waals surface area contributed by atoms with Crippen LogP contribution in [-0.2, 0) is 0 Å². The molecule has 24 heavy (non-hydrogen) atoms. The molecule has 124 valence electrons.